The molecule has 0 aliphatic heterocycles. The molecule has 0 atom stereocenters. The fraction of sp³-hybridized carbons (Fsp3) is 0.125. The average molecular weight is 281 g/mol. The second-order valence-corrected chi connectivity index (χ2v) is 4.93. The second-order valence-electron chi connectivity index (χ2n) is 4.93. The van der Waals surface area contributed by atoms with Gasteiger partial charge in [0.25, 0.3) is 5.91 Å². The second kappa shape index (κ2) is 5.28. The summed E-state index contributed by atoms with van der Waals surface area (Å²) < 4.78 is 5.16. The molecule has 1 heterocycles. The summed E-state index contributed by atoms with van der Waals surface area (Å²) in [6.07, 6.45) is 1.37. The van der Waals surface area contributed by atoms with Crippen LogP contribution in [-0.4, -0.2) is 25.0 Å². The van der Waals surface area contributed by atoms with Gasteiger partial charge >= 0.3 is 0 Å². The van der Waals surface area contributed by atoms with Crippen molar-refractivity contribution in [2.45, 2.75) is 0 Å². The van der Waals surface area contributed by atoms with Crippen LogP contribution in [0.1, 0.15) is 10.4 Å². The van der Waals surface area contributed by atoms with Gasteiger partial charge in [-0.2, -0.15) is 0 Å². The van der Waals surface area contributed by atoms with Crippen molar-refractivity contribution in [1.82, 2.24) is 4.98 Å². The molecule has 0 spiro atoms. The minimum atomic E-state index is -0.171. The molecule has 21 heavy (non-hydrogen) atoms. The number of aromatic nitrogens is 1. The van der Waals surface area contributed by atoms with E-state index in [0.717, 1.165) is 11.4 Å². The maximum Gasteiger partial charge on any atom is 0.255 e. The maximum absolute atomic E-state index is 12.3. The van der Waals surface area contributed by atoms with Crippen molar-refractivity contribution in [2.24, 2.45) is 0 Å². The molecule has 106 valence electrons. The molecule has 0 radical (unpaired) electrons. The van der Waals surface area contributed by atoms with Crippen LogP contribution in [-0.2, 0) is 0 Å². The van der Waals surface area contributed by atoms with Gasteiger partial charge in [0.2, 0.25) is 0 Å². The molecular formula is C16H15N3O2. The molecule has 5 heteroatoms. The van der Waals surface area contributed by atoms with Crippen LogP contribution in [0.15, 0.2) is 53.3 Å². The van der Waals surface area contributed by atoms with E-state index in [1.54, 1.807) is 18.2 Å². The first-order valence-electron chi connectivity index (χ1n) is 6.55. The highest BCUT2D eigenvalue weighted by molar-refractivity contribution is 6.05. The third-order valence-electron chi connectivity index (χ3n) is 3.21. The first-order chi connectivity index (χ1) is 10.1. The number of nitrogens with one attached hydrogen (secondary N) is 1. The average Bonchev–Trinajstić information content (AvgIpc) is 2.94. The van der Waals surface area contributed by atoms with E-state index in [9.17, 15) is 4.79 Å². The van der Waals surface area contributed by atoms with Crippen LogP contribution in [0.3, 0.4) is 0 Å². The van der Waals surface area contributed by atoms with Gasteiger partial charge in [-0.1, -0.05) is 6.07 Å². The molecule has 0 saturated carbocycles. The first-order valence-corrected chi connectivity index (χ1v) is 6.55. The van der Waals surface area contributed by atoms with E-state index in [2.05, 4.69) is 10.3 Å². The van der Waals surface area contributed by atoms with Gasteiger partial charge < -0.3 is 14.6 Å². The Hall–Kier alpha value is -2.82. The van der Waals surface area contributed by atoms with Gasteiger partial charge in [0, 0.05) is 31.0 Å². The summed E-state index contributed by atoms with van der Waals surface area (Å²) in [7, 11) is 3.92. The fourth-order valence-electron chi connectivity index (χ4n) is 2.06. The molecule has 0 fully saturated rings. The number of benzene rings is 2. The fourth-order valence-corrected chi connectivity index (χ4v) is 2.06. The van der Waals surface area contributed by atoms with E-state index in [1.165, 1.54) is 6.39 Å². The summed E-state index contributed by atoms with van der Waals surface area (Å²) in [5, 5.41) is 2.89. The van der Waals surface area contributed by atoms with Gasteiger partial charge in [0.05, 0.1) is 0 Å². The quantitative estimate of drug-likeness (QED) is 0.801. The van der Waals surface area contributed by atoms with Gasteiger partial charge in [0.1, 0.15) is 5.52 Å². The van der Waals surface area contributed by atoms with Gasteiger partial charge in [-0.15, -0.1) is 0 Å². The van der Waals surface area contributed by atoms with E-state index in [4.69, 9.17) is 4.42 Å². The van der Waals surface area contributed by atoms with Crippen LogP contribution < -0.4 is 10.2 Å². The van der Waals surface area contributed by atoms with Gasteiger partial charge in [-0.05, 0) is 36.4 Å². The SMILES string of the molecule is CN(C)c1cccc(NC(=O)c2ccc3ocnc3c2)c1. The Balaban J connectivity index is 1.83. The van der Waals surface area contributed by atoms with Gasteiger partial charge in [-0.3, -0.25) is 4.79 Å². The monoisotopic (exact) mass is 281 g/mol. The van der Waals surface area contributed by atoms with Crippen LogP contribution in [0.4, 0.5) is 11.4 Å². The molecule has 3 aromatic rings. The molecular weight excluding hydrogens is 266 g/mol. The van der Waals surface area contributed by atoms with E-state index >= 15 is 0 Å². The van der Waals surface area contributed by atoms with Crippen molar-refractivity contribution in [3.8, 4) is 0 Å². The third-order valence-corrected chi connectivity index (χ3v) is 3.21. The number of rotatable bonds is 3. The third kappa shape index (κ3) is 2.72. The standard InChI is InChI=1S/C16H15N3O2/c1-19(2)13-5-3-4-12(9-13)18-16(20)11-6-7-15-14(8-11)17-10-21-15/h3-10H,1-2H3,(H,18,20). The predicted octanol–water partition coefficient (Wildman–Crippen LogP) is 3.15. The van der Waals surface area contributed by atoms with Crippen LogP contribution in [0.5, 0.6) is 0 Å². The molecule has 1 N–H and O–H groups in total. The highest BCUT2D eigenvalue weighted by atomic mass is 16.3. The Bertz CT molecular complexity index is 793. The number of nitrogens with zero attached hydrogens (tertiary/aromatic N) is 2. The minimum absolute atomic E-state index is 0.171. The number of hydrogen-bond acceptors (Lipinski definition) is 4. The molecule has 0 aliphatic rings. The Morgan fingerprint density at radius 3 is 2.86 bits per heavy atom. The lowest BCUT2D eigenvalue weighted by Gasteiger charge is -2.14. The Morgan fingerprint density at radius 2 is 2.05 bits per heavy atom. The minimum Gasteiger partial charge on any atom is -0.443 e. The molecule has 3 rings (SSSR count). The number of oxazole rings is 1. The molecule has 2 aromatic carbocycles. The normalized spacial score (nSPS) is 10.6. The van der Waals surface area contributed by atoms with Crippen LogP contribution in [0.25, 0.3) is 11.1 Å². The van der Waals surface area contributed by atoms with Crippen molar-refractivity contribution in [3.63, 3.8) is 0 Å². The Labute approximate surface area is 122 Å². The maximum atomic E-state index is 12.3. The van der Waals surface area contributed by atoms with E-state index in [-0.39, 0.29) is 5.91 Å². The highest BCUT2D eigenvalue weighted by Gasteiger charge is 2.09. The van der Waals surface area contributed by atoms with Crippen molar-refractivity contribution in [2.75, 3.05) is 24.3 Å². The van der Waals surface area contributed by atoms with Crippen molar-refractivity contribution >= 4 is 28.4 Å². The molecule has 0 saturated heterocycles. The summed E-state index contributed by atoms with van der Waals surface area (Å²) in [6.45, 7) is 0. The number of carbonyl (C=O) groups is 1. The first kappa shape index (κ1) is 13.2. The molecule has 0 aliphatic carbocycles. The summed E-state index contributed by atoms with van der Waals surface area (Å²) in [6, 6.07) is 12.9. The van der Waals surface area contributed by atoms with Crippen LogP contribution in [0, 0.1) is 0 Å². The summed E-state index contributed by atoms with van der Waals surface area (Å²) >= 11 is 0. The topological polar surface area (TPSA) is 58.4 Å². The summed E-state index contributed by atoms with van der Waals surface area (Å²) in [5.41, 5.74) is 3.67. The molecule has 0 unspecified atom stereocenters. The molecule has 1 aromatic heterocycles. The molecule has 0 bridgehead atoms. The smallest absolute Gasteiger partial charge is 0.255 e. The number of fused-ring (bicyclic) bond motifs is 1. The number of hydrogen-bond donors (Lipinski definition) is 1. The zero-order valence-corrected chi connectivity index (χ0v) is 11.8. The van der Waals surface area contributed by atoms with E-state index < -0.39 is 0 Å². The zero-order chi connectivity index (χ0) is 14.8. The number of anilines is 2. The summed E-state index contributed by atoms with van der Waals surface area (Å²) in [4.78, 5) is 18.3. The lowest BCUT2D eigenvalue weighted by Crippen LogP contribution is -2.13. The van der Waals surface area contributed by atoms with Crippen molar-refractivity contribution < 1.29 is 9.21 Å². The van der Waals surface area contributed by atoms with Crippen LogP contribution in [0.2, 0.25) is 0 Å². The lowest BCUT2D eigenvalue weighted by molar-refractivity contribution is 0.102. The van der Waals surface area contributed by atoms with Crippen molar-refractivity contribution in [3.05, 3.63) is 54.4 Å². The number of amides is 1. The van der Waals surface area contributed by atoms with Crippen LogP contribution >= 0.6 is 0 Å². The molecule has 1 amide bonds. The molecule has 5 nitrogen and oxygen atoms in total. The van der Waals surface area contributed by atoms with Gasteiger partial charge in [0.15, 0.2) is 12.0 Å². The van der Waals surface area contributed by atoms with E-state index in [1.807, 2.05) is 43.3 Å². The summed E-state index contributed by atoms with van der Waals surface area (Å²) in [5.74, 6) is -0.171. The number of carbonyl (C=O) groups excluding carboxylic acids is 1. The lowest BCUT2D eigenvalue weighted by atomic mass is 10.2. The highest BCUT2D eigenvalue weighted by Crippen LogP contribution is 2.19. The largest absolute Gasteiger partial charge is 0.443 e. The Kier molecular flexibility index (Phi) is 3.31. The zero-order valence-electron chi connectivity index (χ0n) is 11.8. The predicted molar refractivity (Wildman–Crippen MR) is 82.7 cm³/mol. The van der Waals surface area contributed by atoms with E-state index in [0.29, 0.717) is 16.7 Å². The van der Waals surface area contributed by atoms with Crippen molar-refractivity contribution in [1.29, 1.82) is 0 Å². The van der Waals surface area contributed by atoms with Gasteiger partial charge in [-0.25, -0.2) is 4.98 Å². The Morgan fingerprint density at radius 1 is 1.19 bits per heavy atom.